The normalized spacial score (nSPS) is 16.4. The number of carbonyl (C=O) groups excluding carboxylic acids is 2. The van der Waals surface area contributed by atoms with Crippen LogP contribution in [0.25, 0.3) is 12.2 Å². The molecule has 0 atom stereocenters. The molecule has 202 valence electrons. The van der Waals surface area contributed by atoms with E-state index in [1.54, 1.807) is 30.3 Å². The van der Waals surface area contributed by atoms with Crippen molar-refractivity contribution in [1.29, 1.82) is 0 Å². The van der Waals surface area contributed by atoms with Gasteiger partial charge in [0.05, 0.1) is 19.1 Å². The molecule has 0 aliphatic carbocycles. The summed E-state index contributed by atoms with van der Waals surface area (Å²) in [5.74, 6) is -0.223. The van der Waals surface area contributed by atoms with Crippen LogP contribution in [0.5, 0.6) is 11.5 Å². The van der Waals surface area contributed by atoms with Gasteiger partial charge in [0.2, 0.25) is 15.9 Å². The quantitative estimate of drug-likeness (QED) is 0.434. The fraction of sp³-hybridized carbons (Fsp3) is 0.172. The van der Waals surface area contributed by atoms with Crippen molar-refractivity contribution in [3.8, 4) is 11.5 Å². The molecule has 4 rings (SSSR count). The first kappa shape index (κ1) is 27.7. The van der Waals surface area contributed by atoms with Gasteiger partial charge in [-0.1, -0.05) is 18.2 Å². The minimum Gasteiger partial charge on any atom is -0.497 e. The van der Waals surface area contributed by atoms with Crippen molar-refractivity contribution < 1.29 is 31.9 Å². The number of hydrogen-bond donors (Lipinski definition) is 1. The lowest BCUT2D eigenvalue weighted by Crippen LogP contribution is -2.41. The third-order valence-corrected chi connectivity index (χ3v) is 7.84. The average Bonchev–Trinajstić information content (AvgIpc) is 2.91. The van der Waals surface area contributed by atoms with Crippen LogP contribution in [0.2, 0.25) is 0 Å². The zero-order chi connectivity index (χ0) is 28.2. The lowest BCUT2D eigenvalue weighted by molar-refractivity contribution is -0.114. The minimum atomic E-state index is -4.07. The molecule has 1 aliphatic heterocycles. The number of benzene rings is 3. The van der Waals surface area contributed by atoms with Gasteiger partial charge in [0, 0.05) is 48.5 Å². The van der Waals surface area contributed by atoms with Crippen molar-refractivity contribution in [3.63, 3.8) is 0 Å². The van der Waals surface area contributed by atoms with E-state index in [-0.39, 0.29) is 40.6 Å². The lowest BCUT2D eigenvalue weighted by atomic mass is 9.95. The van der Waals surface area contributed by atoms with Crippen LogP contribution in [0.3, 0.4) is 0 Å². The van der Waals surface area contributed by atoms with Gasteiger partial charge in [-0.25, -0.2) is 12.8 Å². The second-order valence-electron chi connectivity index (χ2n) is 8.81. The van der Waals surface area contributed by atoms with E-state index in [2.05, 4.69) is 5.32 Å². The molecule has 1 amide bonds. The highest BCUT2D eigenvalue weighted by Crippen LogP contribution is 2.30. The molecule has 3 aromatic carbocycles. The summed E-state index contributed by atoms with van der Waals surface area (Å²) in [5.41, 5.74) is 1.49. The zero-order valence-corrected chi connectivity index (χ0v) is 22.4. The number of Topliss-reactive ketones (excluding diaryl/α,β-unsaturated/α-hetero) is 1. The van der Waals surface area contributed by atoms with Crippen molar-refractivity contribution in [2.24, 2.45) is 0 Å². The maximum absolute atomic E-state index is 14.4. The van der Waals surface area contributed by atoms with Crippen LogP contribution in [0, 0.1) is 5.82 Å². The highest BCUT2D eigenvalue weighted by atomic mass is 32.2. The van der Waals surface area contributed by atoms with E-state index in [0.29, 0.717) is 22.7 Å². The molecule has 0 unspecified atom stereocenters. The number of anilines is 1. The van der Waals surface area contributed by atoms with Crippen molar-refractivity contribution in [1.82, 2.24) is 4.31 Å². The van der Waals surface area contributed by atoms with E-state index >= 15 is 0 Å². The molecule has 1 N–H and O–H groups in total. The van der Waals surface area contributed by atoms with Gasteiger partial charge < -0.3 is 14.8 Å². The molecule has 0 bridgehead atoms. The molecular formula is C29H27FN2O6S. The summed E-state index contributed by atoms with van der Waals surface area (Å²) < 4.78 is 53.5. The highest BCUT2D eigenvalue weighted by Gasteiger charge is 2.34. The molecule has 0 spiro atoms. The lowest BCUT2D eigenvalue weighted by Gasteiger charge is -2.29. The van der Waals surface area contributed by atoms with Crippen LogP contribution in [-0.2, 0) is 19.6 Å². The van der Waals surface area contributed by atoms with E-state index in [4.69, 9.17) is 9.47 Å². The number of nitrogens with zero attached hydrogens (tertiary/aromatic N) is 1. The Morgan fingerprint density at radius 3 is 2.08 bits per heavy atom. The van der Waals surface area contributed by atoms with E-state index in [1.807, 2.05) is 0 Å². The van der Waals surface area contributed by atoms with Crippen LogP contribution in [0.1, 0.15) is 18.1 Å². The molecule has 3 aromatic rings. The van der Waals surface area contributed by atoms with Crippen molar-refractivity contribution in [2.75, 3.05) is 32.6 Å². The number of methoxy groups -OCH3 is 2. The number of ketones is 1. The van der Waals surface area contributed by atoms with Gasteiger partial charge in [0.25, 0.3) is 0 Å². The number of rotatable bonds is 7. The number of nitrogens with one attached hydrogen (secondary N) is 1. The van der Waals surface area contributed by atoms with Gasteiger partial charge in [-0.3, -0.25) is 9.59 Å². The van der Waals surface area contributed by atoms with E-state index < -0.39 is 21.6 Å². The molecular weight excluding hydrogens is 523 g/mol. The maximum Gasteiger partial charge on any atom is 0.243 e. The highest BCUT2D eigenvalue weighted by molar-refractivity contribution is 7.89. The summed E-state index contributed by atoms with van der Waals surface area (Å²) in [6.07, 6.45) is 2.95. The van der Waals surface area contributed by atoms with Crippen molar-refractivity contribution in [2.45, 2.75) is 11.8 Å². The number of ether oxygens (including phenoxy) is 2. The summed E-state index contributed by atoms with van der Waals surface area (Å²) in [7, 11) is -1.08. The molecule has 10 heteroatoms. The number of sulfonamides is 1. The van der Waals surface area contributed by atoms with Gasteiger partial charge in [-0.2, -0.15) is 4.31 Å². The van der Waals surface area contributed by atoms with Crippen LogP contribution in [-0.4, -0.2) is 51.7 Å². The first-order valence-electron chi connectivity index (χ1n) is 11.9. The zero-order valence-electron chi connectivity index (χ0n) is 21.6. The van der Waals surface area contributed by atoms with Crippen LogP contribution in [0.4, 0.5) is 10.1 Å². The number of piperidine rings is 1. The van der Waals surface area contributed by atoms with Crippen LogP contribution < -0.4 is 14.8 Å². The summed E-state index contributed by atoms with van der Waals surface area (Å²) in [4.78, 5) is 24.8. The van der Waals surface area contributed by atoms with E-state index in [0.717, 1.165) is 4.31 Å². The molecule has 1 aliphatic rings. The third-order valence-electron chi connectivity index (χ3n) is 6.04. The topological polar surface area (TPSA) is 102 Å². The summed E-state index contributed by atoms with van der Waals surface area (Å²) in [6.45, 7) is 0.898. The van der Waals surface area contributed by atoms with Crippen LogP contribution in [0.15, 0.2) is 82.8 Å². The van der Waals surface area contributed by atoms with E-state index in [9.17, 15) is 22.4 Å². The van der Waals surface area contributed by atoms with Crippen molar-refractivity contribution >= 4 is 39.6 Å². The van der Waals surface area contributed by atoms with E-state index in [1.165, 1.54) is 69.7 Å². The SMILES string of the molecule is COc1cc(/C=C2\CN(S(=O)(=O)c3ccc(NC(C)=O)cc3)C/C(=C\c3ccccc3F)C2=O)cc(OC)c1. The van der Waals surface area contributed by atoms with Gasteiger partial charge in [-0.05, 0) is 60.2 Å². The second kappa shape index (κ2) is 11.6. The Kier molecular flexibility index (Phi) is 8.27. The largest absolute Gasteiger partial charge is 0.497 e. The van der Waals surface area contributed by atoms with Gasteiger partial charge in [0.15, 0.2) is 5.78 Å². The molecule has 0 saturated carbocycles. The molecule has 39 heavy (non-hydrogen) atoms. The third kappa shape index (κ3) is 6.42. The Labute approximate surface area is 226 Å². The molecule has 1 heterocycles. The molecule has 0 aromatic heterocycles. The molecule has 1 fully saturated rings. The smallest absolute Gasteiger partial charge is 0.243 e. The first-order valence-corrected chi connectivity index (χ1v) is 13.4. The predicted molar refractivity (Wildman–Crippen MR) is 146 cm³/mol. The molecule has 8 nitrogen and oxygen atoms in total. The number of amides is 1. The first-order chi connectivity index (χ1) is 18.6. The fourth-order valence-corrected chi connectivity index (χ4v) is 5.53. The van der Waals surface area contributed by atoms with Gasteiger partial charge in [0.1, 0.15) is 17.3 Å². The fourth-order valence-electron chi connectivity index (χ4n) is 4.13. The summed E-state index contributed by atoms with van der Waals surface area (Å²) >= 11 is 0. The van der Waals surface area contributed by atoms with Crippen LogP contribution >= 0.6 is 0 Å². The second-order valence-corrected chi connectivity index (χ2v) is 10.8. The monoisotopic (exact) mass is 550 g/mol. The Hall–Kier alpha value is -4.28. The number of hydrogen-bond acceptors (Lipinski definition) is 6. The van der Waals surface area contributed by atoms with Gasteiger partial charge >= 0.3 is 0 Å². The average molecular weight is 551 g/mol. The Morgan fingerprint density at radius 1 is 0.923 bits per heavy atom. The maximum atomic E-state index is 14.4. The molecule has 0 radical (unpaired) electrons. The van der Waals surface area contributed by atoms with Gasteiger partial charge in [-0.15, -0.1) is 0 Å². The minimum absolute atomic E-state index is 0.0152. The number of halogens is 1. The summed E-state index contributed by atoms with van der Waals surface area (Å²) in [5, 5.41) is 2.60. The predicted octanol–water partition coefficient (Wildman–Crippen LogP) is 4.54. The standard InChI is InChI=1S/C29H27FN2O6S/c1-19(33)31-24-8-10-27(11-9-24)39(35,36)32-17-22(12-20-13-25(37-2)16-26(14-20)38-3)29(34)23(18-32)15-21-6-4-5-7-28(21)30/h4-16H,17-18H2,1-3H3,(H,31,33)/b22-12+,23-15+. The Morgan fingerprint density at radius 2 is 1.51 bits per heavy atom. The van der Waals surface area contributed by atoms with Crippen molar-refractivity contribution in [3.05, 3.63) is 94.8 Å². The Balaban J connectivity index is 1.78. The summed E-state index contributed by atoms with van der Waals surface area (Å²) in [6, 6.07) is 16.7. The molecule has 1 saturated heterocycles. The Bertz CT molecular complexity index is 1560. The number of carbonyl (C=O) groups is 2.